The zero-order valence-electron chi connectivity index (χ0n) is 9.93. The molecule has 0 bridgehead atoms. The fourth-order valence-corrected chi connectivity index (χ4v) is 3.92. The smallest absolute Gasteiger partial charge is 0.219 e. The first-order valence-corrected chi connectivity index (χ1v) is 7.21. The molecule has 1 aromatic heterocycles. The molecule has 1 aliphatic heterocycles. The summed E-state index contributed by atoms with van der Waals surface area (Å²) in [4.78, 5) is 2.59. The van der Waals surface area contributed by atoms with Crippen LogP contribution >= 0.6 is 11.3 Å². The van der Waals surface area contributed by atoms with Crippen molar-refractivity contribution in [2.24, 2.45) is 11.8 Å². The summed E-state index contributed by atoms with van der Waals surface area (Å²) in [6.07, 6.45) is 6.97. The van der Waals surface area contributed by atoms with Gasteiger partial charge in [0.15, 0.2) is 0 Å². The molecule has 1 saturated carbocycles. The number of hydrogen-bond donors (Lipinski definition) is 2. The summed E-state index contributed by atoms with van der Waals surface area (Å²) in [5, 5.41) is 9.94. The molecule has 0 spiro atoms. The number of nitrogens with zero attached hydrogens (tertiary/aromatic N) is 3. The number of hydrazine groups is 1. The van der Waals surface area contributed by atoms with Crippen molar-refractivity contribution in [3.8, 4) is 0 Å². The highest BCUT2D eigenvalue weighted by molar-refractivity contribution is 7.15. The largest absolute Gasteiger partial charge is 0.298 e. The number of hydrogen-bond acceptors (Lipinski definition) is 6. The molecule has 2 atom stereocenters. The van der Waals surface area contributed by atoms with Gasteiger partial charge in [-0.05, 0) is 31.7 Å². The summed E-state index contributed by atoms with van der Waals surface area (Å²) in [7, 11) is 0. The topological polar surface area (TPSA) is 67.1 Å². The Labute approximate surface area is 105 Å². The zero-order chi connectivity index (χ0) is 11.7. The summed E-state index contributed by atoms with van der Waals surface area (Å²) in [6, 6.07) is 0.793. The molecule has 6 heteroatoms. The van der Waals surface area contributed by atoms with E-state index in [0.717, 1.165) is 23.5 Å². The molecular formula is C11H19N5S. The van der Waals surface area contributed by atoms with Gasteiger partial charge in [-0.3, -0.25) is 10.3 Å². The third-order valence-corrected chi connectivity index (χ3v) is 4.89. The Balaban J connectivity index is 1.65. The van der Waals surface area contributed by atoms with Crippen LogP contribution < -0.4 is 11.3 Å². The summed E-state index contributed by atoms with van der Waals surface area (Å²) in [5.41, 5.74) is 2.55. The number of nitrogens with two attached hydrogens (primary N) is 1. The highest BCUT2D eigenvalue weighted by atomic mass is 32.1. The molecule has 3 N–H and O–H groups in total. The van der Waals surface area contributed by atoms with Crippen molar-refractivity contribution < 1.29 is 0 Å². The first-order valence-electron chi connectivity index (χ1n) is 6.40. The van der Waals surface area contributed by atoms with Crippen molar-refractivity contribution in [3.05, 3.63) is 5.01 Å². The van der Waals surface area contributed by atoms with E-state index < -0.39 is 0 Å². The van der Waals surface area contributed by atoms with Crippen molar-refractivity contribution >= 4 is 16.5 Å². The Morgan fingerprint density at radius 2 is 2.18 bits per heavy atom. The van der Waals surface area contributed by atoms with Crippen LogP contribution in [-0.4, -0.2) is 27.7 Å². The number of rotatable bonds is 3. The lowest BCUT2D eigenvalue weighted by molar-refractivity contribution is 0.175. The molecule has 1 aromatic rings. The van der Waals surface area contributed by atoms with Gasteiger partial charge >= 0.3 is 0 Å². The number of aromatic nitrogens is 2. The van der Waals surface area contributed by atoms with Gasteiger partial charge in [0.1, 0.15) is 5.01 Å². The van der Waals surface area contributed by atoms with Gasteiger partial charge in [-0.2, -0.15) is 0 Å². The van der Waals surface area contributed by atoms with Gasteiger partial charge in [-0.15, -0.1) is 10.2 Å². The zero-order valence-corrected chi connectivity index (χ0v) is 10.7. The Morgan fingerprint density at radius 1 is 1.29 bits per heavy atom. The second kappa shape index (κ2) is 4.88. The Kier molecular flexibility index (Phi) is 3.26. The van der Waals surface area contributed by atoms with Crippen LogP contribution in [0.3, 0.4) is 0 Å². The van der Waals surface area contributed by atoms with Crippen LogP contribution in [-0.2, 0) is 6.54 Å². The van der Waals surface area contributed by atoms with E-state index in [2.05, 4.69) is 20.5 Å². The Morgan fingerprint density at radius 3 is 3.00 bits per heavy atom. The van der Waals surface area contributed by atoms with E-state index in [0.29, 0.717) is 5.13 Å². The lowest BCUT2D eigenvalue weighted by Gasteiger charge is -2.31. The maximum atomic E-state index is 5.32. The van der Waals surface area contributed by atoms with E-state index in [4.69, 9.17) is 5.84 Å². The molecule has 0 radical (unpaired) electrons. The number of fused-ring (bicyclic) bond motifs is 1. The molecule has 94 valence electrons. The minimum Gasteiger partial charge on any atom is -0.298 e. The molecule has 17 heavy (non-hydrogen) atoms. The number of nitrogens with one attached hydrogen (secondary N) is 1. The molecule has 2 aliphatic rings. The van der Waals surface area contributed by atoms with E-state index in [9.17, 15) is 0 Å². The van der Waals surface area contributed by atoms with Gasteiger partial charge in [-0.25, -0.2) is 5.84 Å². The predicted molar refractivity (Wildman–Crippen MR) is 68.5 cm³/mol. The Bertz CT molecular complexity index is 380. The van der Waals surface area contributed by atoms with Crippen LogP contribution in [0.5, 0.6) is 0 Å². The molecule has 1 aliphatic carbocycles. The summed E-state index contributed by atoms with van der Waals surface area (Å²) in [6.45, 7) is 2.17. The average Bonchev–Trinajstić information content (AvgIpc) is 2.97. The quantitative estimate of drug-likeness (QED) is 0.632. The van der Waals surface area contributed by atoms with Crippen LogP contribution in [0.15, 0.2) is 0 Å². The van der Waals surface area contributed by atoms with Crippen LogP contribution in [0.1, 0.15) is 37.1 Å². The van der Waals surface area contributed by atoms with E-state index in [-0.39, 0.29) is 0 Å². The van der Waals surface area contributed by atoms with Crippen molar-refractivity contribution in [2.45, 2.75) is 44.7 Å². The molecule has 3 rings (SSSR count). The highest BCUT2D eigenvalue weighted by Crippen LogP contribution is 2.37. The van der Waals surface area contributed by atoms with Gasteiger partial charge < -0.3 is 0 Å². The van der Waals surface area contributed by atoms with Gasteiger partial charge in [0.25, 0.3) is 0 Å². The maximum absolute atomic E-state index is 5.32. The van der Waals surface area contributed by atoms with Crippen LogP contribution in [0.2, 0.25) is 0 Å². The fraction of sp³-hybridized carbons (Fsp3) is 0.818. The first kappa shape index (κ1) is 11.4. The number of anilines is 1. The maximum Gasteiger partial charge on any atom is 0.219 e. The first-order chi connectivity index (χ1) is 8.36. The van der Waals surface area contributed by atoms with Gasteiger partial charge in [-0.1, -0.05) is 24.2 Å². The van der Waals surface area contributed by atoms with E-state index in [1.54, 1.807) is 11.3 Å². The number of nitrogen functional groups attached to an aromatic ring is 1. The van der Waals surface area contributed by atoms with Crippen LogP contribution in [0.4, 0.5) is 5.13 Å². The van der Waals surface area contributed by atoms with Crippen LogP contribution in [0, 0.1) is 5.92 Å². The van der Waals surface area contributed by atoms with Crippen LogP contribution in [0.25, 0.3) is 0 Å². The Hall–Kier alpha value is -0.720. The van der Waals surface area contributed by atoms with E-state index in [1.807, 2.05) is 0 Å². The minimum absolute atomic E-state index is 0.708. The van der Waals surface area contributed by atoms with Gasteiger partial charge in [0, 0.05) is 6.04 Å². The van der Waals surface area contributed by atoms with Crippen molar-refractivity contribution in [2.75, 3.05) is 12.0 Å². The molecule has 0 amide bonds. The van der Waals surface area contributed by atoms with E-state index in [1.165, 1.54) is 38.6 Å². The van der Waals surface area contributed by atoms with Gasteiger partial charge in [0.2, 0.25) is 5.13 Å². The number of likely N-dealkylation sites (tertiary alicyclic amines) is 1. The summed E-state index contributed by atoms with van der Waals surface area (Å²) in [5.74, 6) is 6.26. The third kappa shape index (κ3) is 2.29. The molecule has 2 unspecified atom stereocenters. The van der Waals surface area contributed by atoms with Gasteiger partial charge in [0.05, 0.1) is 6.54 Å². The highest BCUT2D eigenvalue weighted by Gasteiger charge is 2.35. The van der Waals surface area contributed by atoms with Crippen molar-refractivity contribution in [1.82, 2.24) is 15.1 Å². The van der Waals surface area contributed by atoms with E-state index >= 15 is 0 Å². The monoisotopic (exact) mass is 253 g/mol. The normalized spacial score (nSPS) is 29.2. The molecule has 2 heterocycles. The van der Waals surface area contributed by atoms with Crippen molar-refractivity contribution in [3.63, 3.8) is 0 Å². The third-order valence-electron chi connectivity index (χ3n) is 4.05. The lowest BCUT2D eigenvalue weighted by Crippen LogP contribution is -2.34. The molecule has 5 nitrogen and oxygen atoms in total. The molecule has 0 aromatic carbocycles. The summed E-state index contributed by atoms with van der Waals surface area (Å²) < 4.78 is 0. The summed E-state index contributed by atoms with van der Waals surface area (Å²) >= 11 is 1.56. The average molecular weight is 253 g/mol. The minimum atomic E-state index is 0.708. The fourth-order valence-electron chi connectivity index (χ4n) is 3.25. The second-order valence-corrected chi connectivity index (χ2v) is 6.08. The molecule has 1 saturated heterocycles. The SMILES string of the molecule is NNc1nnc(CN2CCC3CCCCC32)s1. The van der Waals surface area contributed by atoms with Crippen molar-refractivity contribution in [1.29, 1.82) is 0 Å². The predicted octanol–water partition coefficient (Wildman–Crippen LogP) is 1.59. The lowest BCUT2D eigenvalue weighted by atomic mass is 9.85. The second-order valence-electron chi connectivity index (χ2n) is 5.02. The molecular weight excluding hydrogens is 234 g/mol. The standard InChI is InChI=1S/C11H19N5S/c12-13-11-15-14-10(17-11)7-16-6-5-8-3-1-2-4-9(8)16/h8-9H,1-7,12H2,(H,13,15). The molecule has 2 fully saturated rings.